The molecule has 1 heterocycles. The lowest BCUT2D eigenvalue weighted by Gasteiger charge is -2.07. The summed E-state index contributed by atoms with van der Waals surface area (Å²) in [4.78, 5) is 0. The summed E-state index contributed by atoms with van der Waals surface area (Å²) in [5.41, 5.74) is 4.06. The van der Waals surface area contributed by atoms with E-state index in [0.717, 1.165) is 32.0 Å². The van der Waals surface area contributed by atoms with E-state index < -0.39 is 0 Å². The van der Waals surface area contributed by atoms with Crippen molar-refractivity contribution in [3.63, 3.8) is 0 Å². The third-order valence-electron chi connectivity index (χ3n) is 3.89. The monoisotopic (exact) mass is 346 g/mol. The van der Waals surface area contributed by atoms with E-state index in [-0.39, 0.29) is 0 Å². The number of rotatable bonds is 1. The molecule has 2 nitrogen and oxygen atoms in total. The molecule has 3 aromatic carbocycles. The first-order valence-electron chi connectivity index (χ1n) is 6.97. The first-order chi connectivity index (χ1) is 10.8. The minimum absolute atomic E-state index is 0.686. The first kappa shape index (κ1) is 13.1. The van der Waals surface area contributed by atoms with Crippen LogP contribution in [0.3, 0.4) is 0 Å². The van der Waals surface area contributed by atoms with Gasteiger partial charge in [-0.15, -0.1) is 0 Å². The van der Waals surface area contributed by atoms with E-state index in [4.69, 9.17) is 5.26 Å². The highest BCUT2D eigenvalue weighted by atomic mass is 79.9. The van der Waals surface area contributed by atoms with Gasteiger partial charge in [0.15, 0.2) is 0 Å². The van der Waals surface area contributed by atoms with Crippen molar-refractivity contribution in [2.75, 3.05) is 0 Å². The fourth-order valence-electron chi connectivity index (χ4n) is 2.91. The van der Waals surface area contributed by atoms with Crippen molar-refractivity contribution in [1.82, 2.24) is 4.57 Å². The third kappa shape index (κ3) is 1.93. The molecular weight excluding hydrogens is 336 g/mol. The molecule has 0 atom stereocenters. The van der Waals surface area contributed by atoms with E-state index in [1.807, 2.05) is 42.5 Å². The lowest BCUT2D eigenvalue weighted by atomic mass is 10.1. The van der Waals surface area contributed by atoms with E-state index in [9.17, 15) is 0 Å². The Morgan fingerprint density at radius 2 is 1.55 bits per heavy atom. The summed E-state index contributed by atoms with van der Waals surface area (Å²) in [6.07, 6.45) is 0. The van der Waals surface area contributed by atoms with E-state index in [1.165, 1.54) is 0 Å². The molecule has 0 aliphatic carbocycles. The van der Waals surface area contributed by atoms with Crippen LogP contribution in [0.15, 0.2) is 71.2 Å². The van der Waals surface area contributed by atoms with Crippen LogP contribution < -0.4 is 0 Å². The van der Waals surface area contributed by atoms with Crippen LogP contribution in [0, 0.1) is 11.3 Å². The Bertz CT molecular complexity index is 1040. The Labute approximate surface area is 136 Å². The van der Waals surface area contributed by atoms with Crippen molar-refractivity contribution >= 4 is 37.7 Å². The van der Waals surface area contributed by atoms with Gasteiger partial charge in [0, 0.05) is 20.9 Å². The molecule has 4 rings (SSSR count). The number of benzene rings is 3. The smallest absolute Gasteiger partial charge is 0.0991 e. The topological polar surface area (TPSA) is 28.7 Å². The number of para-hydroxylation sites is 1. The van der Waals surface area contributed by atoms with Crippen molar-refractivity contribution in [3.05, 3.63) is 76.8 Å². The first-order valence-corrected chi connectivity index (χ1v) is 7.76. The van der Waals surface area contributed by atoms with Gasteiger partial charge in [0.25, 0.3) is 0 Å². The SMILES string of the molecule is N#Cc1ccc2c(c1)c1ccccc1n2-c1ccc(Br)cc1. The molecule has 0 saturated carbocycles. The maximum absolute atomic E-state index is 9.16. The van der Waals surface area contributed by atoms with Crippen LogP contribution in [0.5, 0.6) is 0 Å². The maximum Gasteiger partial charge on any atom is 0.0991 e. The summed E-state index contributed by atoms with van der Waals surface area (Å²) >= 11 is 3.48. The predicted octanol–water partition coefficient (Wildman–Crippen LogP) is 5.42. The summed E-state index contributed by atoms with van der Waals surface area (Å²) in [5.74, 6) is 0. The van der Waals surface area contributed by atoms with E-state index in [2.05, 4.69) is 50.8 Å². The van der Waals surface area contributed by atoms with Gasteiger partial charge in [0.1, 0.15) is 0 Å². The lowest BCUT2D eigenvalue weighted by molar-refractivity contribution is 1.18. The molecule has 0 unspecified atom stereocenters. The fraction of sp³-hybridized carbons (Fsp3) is 0. The summed E-state index contributed by atoms with van der Waals surface area (Å²) < 4.78 is 3.29. The van der Waals surface area contributed by atoms with Crippen LogP contribution in [0.25, 0.3) is 27.5 Å². The Morgan fingerprint density at radius 1 is 0.818 bits per heavy atom. The van der Waals surface area contributed by atoms with Crippen molar-refractivity contribution in [2.45, 2.75) is 0 Å². The van der Waals surface area contributed by atoms with Crippen LogP contribution >= 0.6 is 15.9 Å². The van der Waals surface area contributed by atoms with Crippen molar-refractivity contribution in [1.29, 1.82) is 5.26 Å². The van der Waals surface area contributed by atoms with Gasteiger partial charge in [0.05, 0.1) is 22.7 Å². The molecule has 0 bridgehead atoms. The summed E-state index contributed by atoms with van der Waals surface area (Å²) in [6, 6.07) is 24.6. The van der Waals surface area contributed by atoms with Gasteiger partial charge < -0.3 is 4.57 Å². The van der Waals surface area contributed by atoms with Crippen LogP contribution in [0.4, 0.5) is 0 Å². The minimum atomic E-state index is 0.686. The highest BCUT2D eigenvalue weighted by molar-refractivity contribution is 9.10. The average molecular weight is 347 g/mol. The zero-order valence-corrected chi connectivity index (χ0v) is 13.2. The Morgan fingerprint density at radius 3 is 2.32 bits per heavy atom. The molecule has 0 fully saturated rings. The quantitative estimate of drug-likeness (QED) is 0.452. The van der Waals surface area contributed by atoms with Gasteiger partial charge in [-0.1, -0.05) is 34.1 Å². The van der Waals surface area contributed by atoms with Crippen molar-refractivity contribution in [2.24, 2.45) is 0 Å². The zero-order valence-electron chi connectivity index (χ0n) is 11.6. The standard InChI is InChI=1S/C19H11BrN2/c20-14-6-8-15(9-7-14)22-18-4-2-1-3-16(18)17-11-13(12-21)5-10-19(17)22/h1-11H. The molecule has 3 heteroatoms. The van der Waals surface area contributed by atoms with E-state index in [1.54, 1.807) is 0 Å². The molecule has 0 aliphatic heterocycles. The van der Waals surface area contributed by atoms with E-state index >= 15 is 0 Å². The highest BCUT2D eigenvalue weighted by Crippen LogP contribution is 2.32. The Balaban J connectivity index is 2.16. The minimum Gasteiger partial charge on any atom is -0.309 e. The number of hydrogen-bond acceptors (Lipinski definition) is 1. The summed E-state index contributed by atoms with van der Waals surface area (Å²) in [5, 5.41) is 11.4. The molecule has 0 saturated heterocycles. The molecule has 4 aromatic rings. The number of aromatic nitrogens is 1. The fourth-order valence-corrected chi connectivity index (χ4v) is 3.18. The zero-order chi connectivity index (χ0) is 15.1. The van der Waals surface area contributed by atoms with Crippen molar-refractivity contribution in [3.8, 4) is 11.8 Å². The second-order valence-electron chi connectivity index (χ2n) is 5.17. The van der Waals surface area contributed by atoms with Crippen molar-refractivity contribution < 1.29 is 0 Å². The molecule has 22 heavy (non-hydrogen) atoms. The number of nitrogens with zero attached hydrogens (tertiary/aromatic N) is 2. The number of fused-ring (bicyclic) bond motifs is 3. The van der Waals surface area contributed by atoms with Crippen LogP contribution in [0.1, 0.15) is 5.56 Å². The number of nitriles is 1. The van der Waals surface area contributed by atoms with Crippen LogP contribution in [-0.2, 0) is 0 Å². The normalized spacial score (nSPS) is 10.9. The molecule has 1 aromatic heterocycles. The van der Waals surface area contributed by atoms with Gasteiger partial charge in [-0.05, 0) is 48.5 Å². The van der Waals surface area contributed by atoms with Crippen LogP contribution in [-0.4, -0.2) is 4.57 Å². The average Bonchev–Trinajstić information content (AvgIpc) is 2.89. The Hall–Kier alpha value is -2.57. The Kier molecular flexibility index (Phi) is 2.99. The van der Waals surface area contributed by atoms with Gasteiger partial charge in [-0.25, -0.2) is 0 Å². The lowest BCUT2D eigenvalue weighted by Crippen LogP contribution is -1.93. The molecule has 0 amide bonds. The molecule has 0 aliphatic rings. The second-order valence-corrected chi connectivity index (χ2v) is 6.09. The molecule has 0 N–H and O–H groups in total. The summed E-state index contributed by atoms with van der Waals surface area (Å²) in [7, 11) is 0. The third-order valence-corrected chi connectivity index (χ3v) is 4.42. The van der Waals surface area contributed by atoms with Crippen LogP contribution in [0.2, 0.25) is 0 Å². The largest absolute Gasteiger partial charge is 0.309 e. The second kappa shape index (κ2) is 5.01. The molecular formula is C19H11BrN2. The number of hydrogen-bond donors (Lipinski definition) is 0. The predicted molar refractivity (Wildman–Crippen MR) is 93.2 cm³/mol. The molecule has 0 radical (unpaired) electrons. The van der Waals surface area contributed by atoms with Gasteiger partial charge in [-0.2, -0.15) is 5.26 Å². The highest BCUT2D eigenvalue weighted by Gasteiger charge is 2.12. The van der Waals surface area contributed by atoms with Gasteiger partial charge >= 0.3 is 0 Å². The van der Waals surface area contributed by atoms with E-state index in [0.29, 0.717) is 5.56 Å². The molecule has 0 spiro atoms. The number of halogens is 1. The van der Waals surface area contributed by atoms with Gasteiger partial charge in [0.2, 0.25) is 0 Å². The summed E-state index contributed by atoms with van der Waals surface area (Å²) in [6.45, 7) is 0. The maximum atomic E-state index is 9.16. The molecule has 104 valence electrons. The van der Waals surface area contributed by atoms with Gasteiger partial charge in [-0.3, -0.25) is 0 Å².